The predicted octanol–water partition coefficient (Wildman–Crippen LogP) is 3.40. The lowest BCUT2D eigenvalue weighted by molar-refractivity contribution is -0.0228. The van der Waals surface area contributed by atoms with Crippen LogP contribution in [-0.2, 0) is 11.8 Å². The van der Waals surface area contributed by atoms with Crippen LogP contribution in [-0.4, -0.2) is 46.3 Å². The molecule has 2 unspecified atom stereocenters. The van der Waals surface area contributed by atoms with Crippen LogP contribution >= 0.6 is 0 Å². The maximum atomic E-state index is 13.2. The summed E-state index contributed by atoms with van der Waals surface area (Å²) in [5.41, 5.74) is 3.79. The first-order chi connectivity index (χ1) is 12.9. The van der Waals surface area contributed by atoms with Crippen LogP contribution in [0.5, 0.6) is 0 Å². The fourth-order valence-corrected chi connectivity index (χ4v) is 3.25. The van der Waals surface area contributed by atoms with E-state index in [4.69, 9.17) is 4.74 Å². The second-order valence-electron chi connectivity index (χ2n) is 7.71. The maximum Gasteiger partial charge on any atom is 0.254 e. The van der Waals surface area contributed by atoms with Crippen molar-refractivity contribution in [1.82, 2.24) is 14.7 Å². The van der Waals surface area contributed by atoms with Gasteiger partial charge in [-0.05, 0) is 37.5 Å². The number of carbonyl (C=O) groups excluding carboxylic acids is 1. The number of anilines is 1. The van der Waals surface area contributed by atoms with Crippen molar-refractivity contribution in [3.63, 3.8) is 0 Å². The Labute approximate surface area is 161 Å². The smallest absolute Gasteiger partial charge is 0.254 e. The van der Waals surface area contributed by atoms with Crippen LogP contribution < -0.4 is 5.32 Å². The van der Waals surface area contributed by atoms with Crippen molar-refractivity contribution in [2.24, 2.45) is 13.0 Å². The molecule has 2 atom stereocenters. The average molecular weight is 370 g/mol. The molecule has 27 heavy (non-hydrogen) atoms. The average Bonchev–Trinajstić information content (AvgIpc) is 3.09. The molecule has 0 spiro atoms. The van der Waals surface area contributed by atoms with E-state index < -0.39 is 0 Å². The molecule has 2 aromatic rings. The van der Waals surface area contributed by atoms with Crippen LogP contribution in [0, 0.1) is 12.8 Å². The Morgan fingerprint density at radius 2 is 2.11 bits per heavy atom. The van der Waals surface area contributed by atoms with E-state index >= 15 is 0 Å². The summed E-state index contributed by atoms with van der Waals surface area (Å²) in [7, 11) is 1.88. The number of ether oxygens (including phenoxy) is 1. The lowest BCUT2D eigenvalue weighted by Crippen LogP contribution is -2.42. The zero-order valence-electron chi connectivity index (χ0n) is 16.9. The zero-order valence-corrected chi connectivity index (χ0v) is 16.9. The van der Waals surface area contributed by atoms with Gasteiger partial charge in [0.05, 0.1) is 19.3 Å². The highest BCUT2D eigenvalue weighted by molar-refractivity contribution is 5.97. The number of hydrogen-bond acceptors (Lipinski definition) is 4. The number of nitrogens with zero attached hydrogens (tertiary/aromatic N) is 3. The number of nitrogens with one attached hydrogen (secondary N) is 1. The molecule has 1 saturated heterocycles. The Hall–Kier alpha value is -2.34. The zero-order chi connectivity index (χ0) is 19.6. The number of morpholine rings is 1. The SMILES string of the molecule is Cc1c(NC(C)C(C)C)cccc1C(=O)N1CCOC(c2cnn(C)c2)C1. The lowest BCUT2D eigenvalue weighted by Gasteiger charge is -2.33. The van der Waals surface area contributed by atoms with Crippen LogP contribution in [0.15, 0.2) is 30.6 Å². The first-order valence-electron chi connectivity index (χ1n) is 9.62. The molecule has 0 bridgehead atoms. The first-order valence-corrected chi connectivity index (χ1v) is 9.62. The fourth-order valence-electron chi connectivity index (χ4n) is 3.25. The Bertz CT molecular complexity index is 799. The lowest BCUT2D eigenvalue weighted by atomic mass is 10.0. The largest absolute Gasteiger partial charge is 0.382 e. The molecule has 2 heterocycles. The fraction of sp³-hybridized carbons (Fsp3) is 0.524. The standard InChI is InChI=1S/C21H30N4O2/c1-14(2)16(4)23-19-8-6-7-18(15(19)3)21(26)25-9-10-27-20(13-25)17-11-22-24(5)12-17/h6-8,11-12,14,16,20,23H,9-10,13H2,1-5H3. The summed E-state index contributed by atoms with van der Waals surface area (Å²) in [6.45, 7) is 10.2. The van der Waals surface area contributed by atoms with Gasteiger partial charge in [0.15, 0.2) is 0 Å². The quantitative estimate of drug-likeness (QED) is 0.876. The van der Waals surface area contributed by atoms with Crippen LogP contribution in [0.4, 0.5) is 5.69 Å². The van der Waals surface area contributed by atoms with E-state index in [1.54, 1.807) is 4.68 Å². The van der Waals surface area contributed by atoms with Crippen molar-refractivity contribution in [1.29, 1.82) is 0 Å². The molecule has 3 rings (SSSR count). The van der Waals surface area contributed by atoms with Gasteiger partial charge in [-0.2, -0.15) is 5.10 Å². The summed E-state index contributed by atoms with van der Waals surface area (Å²) in [5, 5.41) is 7.75. The van der Waals surface area contributed by atoms with E-state index in [0.29, 0.717) is 31.7 Å². The van der Waals surface area contributed by atoms with Crippen molar-refractivity contribution in [3.8, 4) is 0 Å². The van der Waals surface area contributed by atoms with Crippen molar-refractivity contribution < 1.29 is 9.53 Å². The molecule has 0 radical (unpaired) electrons. The van der Waals surface area contributed by atoms with Gasteiger partial charge in [-0.3, -0.25) is 9.48 Å². The Kier molecular flexibility index (Phi) is 5.85. The van der Waals surface area contributed by atoms with E-state index in [9.17, 15) is 4.79 Å². The summed E-state index contributed by atoms with van der Waals surface area (Å²) in [5.74, 6) is 0.578. The molecule has 146 valence electrons. The van der Waals surface area contributed by atoms with Gasteiger partial charge in [0.25, 0.3) is 5.91 Å². The molecule has 6 heteroatoms. The number of aryl methyl sites for hydroxylation is 1. The summed E-state index contributed by atoms with van der Waals surface area (Å²) in [6, 6.07) is 6.25. The minimum Gasteiger partial charge on any atom is -0.382 e. The Morgan fingerprint density at radius 3 is 2.78 bits per heavy atom. The van der Waals surface area contributed by atoms with Gasteiger partial charge in [-0.25, -0.2) is 0 Å². The van der Waals surface area contributed by atoms with Gasteiger partial charge < -0.3 is 15.0 Å². The van der Waals surface area contributed by atoms with Crippen molar-refractivity contribution >= 4 is 11.6 Å². The van der Waals surface area contributed by atoms with E-state index in [1.165, 1.54) is 0 Å². The van der Waals surface area contributed by atoms with Gasteiger partial charge in [-0.1, -0.05) is 19.9 Å². The highest BCUT2D eigenvalue weighted by atomic mass is 16.5. The van der Waals surface area contributed by atoms with E-state index in [1.807, 2.05) is 49.5 Å². The van der Waals surface area contributed by atoms with Crippen LogP contribution in [0.1, 0.15) is 48.4 Å². The van der Waals surface area contributed by atoms with Crippen molar-refractivity contribution in [2.45, 2.75) is 39.8 Å². The molecule has 0 aliphatic carbocycles. The third-order valence-electron chi connectivity index (χ3n) is 5.40. The number of rotatable bonds is 5. The molecular formula is C21H30N4O2. The molecule has 0 saturated carbocycles. The summed E-state index contributed by atoms with van der Waals surface area (Å²) in [6.07, 6.45) is 3.63. The maximum absolute atomic E-state index is 13.2. The van der Waals surface area contributed by atoms with Crippen molar-refractivity contribution in [3.05, 3.63) is 47.3 Å². The third kappa shape index (κ3) is 4.33. The molecule has 1 amide bonds. The minimum atomic E-state index is -0.126. The second kappa shape index (κ2) is 8.13. The van der Waals surface area contributed by atoms with Gasteiger partial charge >= 0.3 is 0 Å². The molecule has 1 N–H and O–H groups in total. The van der Waals surface area contributed by atoms with Gasteiger partial charge in [0.2, 0.25) is 0 Å². The van der Waals surface area contributed by atoms with E-state index in [-0.39, 0.29) is 12.0 Å². The summed E-state index contributed by atoms with van der Waals surface area (Å²) in [4.78, 5) is 15.1. The van der Waals surface area contributed by atoms with Crippen LogP contribution in [0.25, 0.3) is 0 Å². The molecule has 6 nitrogen and oxygen atoms in total. The Balaban J connectivity index is 1.77. The van der Waals surface area contributed by atoms with Gasteiger partial charge in [0.1, 0.15) is 6.10 Å². The molecule has 1 aromatic heterocycles. The van der Waals surface area contributed by atoms with Gasteiger partial charge in [-0.15, -0.1) is 0 Å². The highest BCUT2D eigenvalue weighted by Crippen LogP contribution is 2.26. The first kappa shape index (κ1) is 19.4. The number of aromatic nitrogens is 2. The second-order valence-corrected chi connectivity index (χ2v) is 7.71. The van der Waals surface area contributed by atoms with E-state index in [0.717, 1.165) is 22.4 Å². The molecule has 1 aliphatic rings. The van der Waals surface area contributed by atoms with Crippen LogP contribution in [0.3, 0.4) is 0 Å². The topological polar surface area (TPSA) is 59.4 Å². The third-order valence-corrected chi connectivity index (χ3v) is 5.40. The summed E-state index contributed by atoms with van der Waals surface area (Å²) >= 11 is 0. The number of benzene rings is 1. The van der Waals surface area contributed by atoms with Gasteiger partial charge in [0, 0.05) is 42.6 Å². The van der Waals surface area contributed by atoms with Crippen molar-refractivity contribution in [2.75, 3.05) is 25.0 Å². The normalized spacial score (nSPS) is 18.6. The monoisotopic (exact) mass is 370 g/mol. The molecule has 1 aromatic carbocycles. The van der Waals surface area contributed by atoms with Crippen LogP contribution in [0.2, 0.25) is 0 Å². The summed E-state index contributed by atoms with van der Waals surface area (Å²) < 4.78 is 7.63. The molecular weight excluding hydrogens is 340 g/mol. The number of carbonyl (C=O) groups is 1. The molecule has 1 fully saturated rings. The number of hydrogen-bond donors (Lipinski definition) is 1. The predicted molar refractivity (Wildman–Crippen MR) is 107 cm³/mol. The minimum absolute atomic E-state index is 0.0607. The number of amides is 1. The van der Waals surface area contributed by atoms with E-state index in [2.05, 4.69) is 31.2 Å². The highest BCUT2D eigenvalue weighted by Gasteiger charge is 2.28. The Morgan fingerprint density at radius 1 is 1.33 bits per heavy atom. The molecule has 1 aliphatic heterocycles.